The monoisotopic (exact) mass is 251 g/mol. The van der Waals surface area contributed by atoms with Crippen molar-refractivity contribution in [1.82, 2.24) is 4.98 Å². The van der Waals surface area contributed by atoms with Gasteiger partial charge in [0.1, 0.15) is 5.92 Å². The van der Waals surface area contributed by atoms with E-state index in [0.29, 0.717) is 12.0 Å². The summed E-state index contributed by atoms with van der Waals surface area (Å²) in [5.74, 6) is -0.193. The first-order valence-corrected chi connectivity index (χ1v) is 7.12. The van der Waals surface area contributed by atoms with Gasteiger partial charge in [-0.15, -0.1) is 11.3 Å². The summed E-state index contributed by atoms with van der Waals surface area (Å²) in [7, 11) is 0. The topological polar surface area (TPSA) is 39.2 Å². The average Bonchev–Trinajstić information content (AvgIpc) is 2.77. The van der Waals surface area contributed by atoms with Crippen molar-refractivity contribution in [1.29, 1.82) is 0 Å². The van der Waals surface area contributed by atoms with Crippen LogP contribution >= 0.6 is 11.3 Å². The Hall–Kier alpha value is -0.900. The minimum atomic E-state index is -0.0997. The number of aryl methyl sites for hydroxylation is 1. The van der Waals surface area contributed by atoms with Crippen LogP contribution in [-0.4, -0.2) is 17.6 Å². The second-order valence-corrected chi connectivity index (χ2v) is 6.32. The molecule has 1 aromatic rings. The predicted octanol–water partition coefficient (Wildman–Crippen LogP) is 2.79. The van der Waals surface area contributed by atoms with Crippen LogP contribution in [0.15, 0.2) is 0 Å². The summed E-state index contributed by atoms with van der Waals surface area (Å²) in [6.45, 7) is 4.57. The van der Waals surface area contributed by atoms with E-state index < -0.39 is 0 Å². The molecule has 1 saturated carbocycles. The van der Waals surface area contributed by atoms with Crippen LogP contribution in [0.1, 0.15) is 54.6 Å². The van der Waals surface area contributed by atoms with Gasteiger partial charge < -0.3 is 4.74 Å². The highest BCUT2D eigenvalue weighted by atomic mass is 32.1. The van der Waals surface area contributed by atoms with E-state index >= 15 is 0 Å². The third kappa shape index (κ3) is 1.79. The number of aromatic nitrogens is 1. The van der Waals surface area contributed by atoms with E-state index in [-0.39, 0.29) is 11.9 Å². The standard InChI is InChI=1S/C13H17NO2S/c1-3-16-11(15)8-4-5-9-10(8)14-12(17-9)13(2)6-7-13/h8H,3-7H2,1-2H3. The molecule has 1 unspecified atom stereocenters. The molecule has 0 aliphatic heterocycles. The summed E-state index contributed by atoms with van der Waals surface area (Å²) in [5.41, 5.74) is 1.32. The van der Waals surface area contributed by atoms with Crippen LogP contribution in [0.2, 0.25) is 0 Å². The number of hydrogen-bond acceptors (Lipinski definition) is 4. The van der Waals surface area contributed by atoms with Crippen molar-refractivity contribution in [2.24, 2.45) is 0 Å². The molecule has 3 nitrogen and oxygen atoms in total. The fourth-order valence-corrected chi connectivity index (χ4v) is 3.70. The van der Waals surface area contributed by atoms with E-state index in [4.69, 9.17) is 9.72 Å². The molecule has 0 spiro atoms. The first-order chi connectivity index (χ1) is 8.14. The van der Waals surface area contributed by atoms with Gasteiger partial charge in [-0.1, -0.05) is 6.92 Å². The molecule has 2 aliphatic carbocycles. The molecule has 1 aromatic heterocycles. The molecular formula is C13H17NO2S. The fraction of sp³-hybridized carbons (Fsp3) is 0.692. The summed E-state index contributed by atoms with van der Waals surface area (Å²) in [4.78, 5) is 17.9. The number of esters is 1. The summed E-state index contributed by atoms with van der Waals surface area (Å²) in [6, 6.07) is 0. The first kappa shape index (κ1) is 11.2. The molecule has 1 fully saturated rings. The molecule has 92 valence electrons. The zero-order chi connectivity index (χ0) is 12.0. The fourth-order valence-electron chi connectivity index (χ4n) is 2.36. The van der Waals surface area contributed by atoms with E-state index in [2.05, 4.69) is 6.92 Å². The van der Waals surface area contributed by atoms with Gasteiger partial charge in [0.15, 0.2) is 0 Å². The number of rotatable bonds is 3. The normalized spacial score (nSPS) is 24.5. The molecule has 0 N–H and O–H groups in total. The van der Waals surface area contributed by atoms with Crippen molar-refractivity contribution in [3.05, 3.63) is 15.6 Å². The van der Waals surface area contributed by atoms with Crippen molar-refractivity contribution in [3.63, 3.8) is 0 Å². The van der Waals surface area contributed by atoms with E-state index in [1.165, 1.54) is 22.7 Å². The van der Waals surface area contributed by atoms with Gasteiger partial charge >= 0.3 is 5.97 Å². The van der Waals surface area contributed by atoms with Crippen LogP contribution in [0.5, 0.6) is 0 Å². The van der Waals surface area contributed by atoms with Gasteiger partial charge in [-0.2, -0.15) is 0 Å². The van der Waals surface area contributed by atoms with Gasteiger partial charge in [0, 0.05) is 10.3 Å². The Kier molecular flexibility index (Phi) is 2.51. The van der Waals surface area contributed by atoms with Crippen LogP contribution in [0.3, 0.4) is 0 Å². The van der Waals surface area contributed by atoms with Crippen LogP contribution in [0.25, 0.3) is 0 Å². The van der Waals surface area contributed by atoms with Crippen molar-refractivity contribution in [2.45, 2.75) is 50.9 Å². The molecule has 0 aromatic carbocycles. The van der Waals surface area contributed by atoms with E-state index in [1.807, 2.05) is 18.3 Å². The van der Waals surface area contributed by atoms with Crippen LogP contribution < -0.4 is 0 Å². The summed E-state index contributed by atoms with van der Waals surface area (Å²) >= 11 is 1.81. The predicted molar refractivity (Wildman–Crippen MR) is 66.4 cm³/mol. The first-order valence-electron chi connectivity index (χ1n) is 6.31. The summed E-state index contributed by atoms with van der Waals surface area (Å²) in [5, 5.41) is 1.23. The molecule has 17 heavy (non-hydrogen) atoms. The minimum absolute atomic E-state index is 0.0935. The van der Waals surface area contributed by atoms with Crippen molar-refractivity contribution >= 4 is 17.3 Å². The maximum absolute atomic E-state index is 11.8. The molecule has 0 amide bonds. The van der Waals surface area contributed by atoms with Gasteiger partial charge in [-0.05, 0) is 32.6 Å². The van der Waals surface area contributed by atoms with Crippen LogP contribution in [0, 0.1) is 0 Å². The van der Waals surface area contributed by atoms with E-state index in [9.17, 15) is 4.79 Å². The third-order valence-electron chi connectivity index (χ3n) is 3.81. The average molecular weight is 251 g/mol. The molecular weight excluding hydrogens is 234 g/mol. The van der Waals surface area contributed by atoms with Crippen LogP contribution in [0.4, 0.5) is 0 Å². The molecule has 4 heteroatoms. The highest BCUT2D eigenvalue weighted by Crippen LogP contribution is 2.51. The van der Waals surface area contributed by atoms with Gasteiger partial charge in [0.2, 0.25) is 0 Å². The lowest BCUT2D eigenvalue weighted by molar-refractivity contribution is -0.145. The van der Waals surface area contributed by atoms with E-state index in [1.54, 1.807) is 0 Å². The molecule has 1 heterocycles. The summed E-state index contributed by atoms with van der Waals surface area (Å²) in [6.07, 6.45) is 4.35. The largest absolute Gasteiger partial charge is 0.465 e. The minimum Gasteiger partial charge on any atom is -0.465 e. The Balaban J connectivity index is 1.86. The summed E-state index contributed by atoms with van der Waals surface area (Å²) < 4.78 is 5.12. The Labute approximate surface area is 105 Å². The second-order valence-electron chi connectivity index (χ2n) is 5.23. The number of fused-ring (bicyclic) bond motifs is 1. The smallest absolute Gasteiger partial charge is 0.315 e. The molecule has 1 atom stereocenters. The molecule has 2 aliphatic rings. The van der Waals surface area contributed by atoms with Gasteiger partial charge in [-0.25, -0.2) is 4.98 Å². The van der Waals surface area contributed by atoms with Gasteiger partial charge in [0.25, 0.3) is 0 Å². The number of ether oxygens (including phenoxy) is 1. The lowest BCUT2D eigenvalue weighted by Crippen LogP contribution is -2.14. The highest BCUT2D eigenvalue weighted by Gasteiger charge is 2.44. The number of thiazole rings is 1. The number of hydrogen-bond donors (Lipinski definition) is 0. The maximum atomic E-state index is 11.8. The number of carbonyl (C=O) groups is 1. The van der Waals surface area contributed by atoms with Crippen molar-refractivity contribution in [2.75, 3.05) is 6.61 Å². The number of nitrogens with zero attached hydrogens (tertiary/aromatic N) is 1. The third-order valence-corrected chi connectivity index (χ3v) is 5.24. The van der Waals surface area contributed by atoms with Gasteiger partial charge in [-0.3, -0.25) is 4.79 Å². The van der Waals surface area contributed by atoms with E-state index in [0.717, 1.165) is 18.5 Å². The Bertz CT molecular complexity index is 462. The van der Waals surface area contributed by atoms with Crippen molar-refractivity contribution < 1.29 is 9.53 Å². The number of carbonyl (C=O) groups excluding carboxylic acids is 1. The Morgan fingerprint density at radius 2 is 2.35 bits per heavy atom. The maximum Gasteiger partial charge on any atom is 0.315 e. The lowest BCUT2D eigenvalue weighted by Gasteiger charge is -2.08. The molecule has 3 rings (SSSR count). The molecule has 0 saturated heterocycles. The molecule has 0 bridgehead atoms. The lowest BCUT2D eigenvalue weighted by atomic mass is 10.1. The molecule has 0 radical (unpaired) electrons. The SMILES string of the molecule is CCOC(=O)C1CCc2sc(C3(C)CC3)nc21. The van der Waals surface area contributed by atoms with Crippen molar-refractivity contribution in [3.8, 4) is 0 Å². The van der Waals surface area contributed by atoms with Gasteiger partial charge in [0.05, 0.1) is 17.3 Å². The quantitative estimate of drug-likeness (QED) is 0.775. The zero-order valence-corrected chi connectivity index (χ0v) is 11.1. The highest BCUT2D eigenvalue weighted by molar-refractivity contribution is 7.12. The Morgan fingerprint density at radius 3 is 3.00 bits per heavy atom. The second kappa shape index (κ2) is 3.80. The van der Waals surface area contributed by atoms with Crippen LogP contribution in [-0.2, 0) is 21.4 Å². The zero-order valence-electron chi connectivity index (χ0n) is 10.3. The Morgan fingerprint density at radius 1 is 1.59 bits per heavy atom.